The number of ether oxygens (including phenoxy) is 1. The summed E-state index contributed by atoms with van der Waals surface area (Å²) in [5.74, 6) is 1.11. The molecule has 144 valence electrons. The Balaban J connectivity index is 2.06. The van der Waals surface area contributed by atoms with E-state index in [2.05, 4.69) is 19.2 Å². The Labute approximate surface area is 156 Å². The van der Waals surface area contributed by atoms with Crippen LogP contribution in [0.15, 0.2) is 18.2 Å². The zero-order valence-corrected chi connectivity index (χ0v) is 16.4. The molecule has 1 fully saturated rings. The number of benzene rings is 1. The summed E-state index contributed by atoms with van der Waals surface area (Å²) in [7, 11) is 1.65. The van der Waals surface area contributed by atoms with Gasteiger partial charge >= 0.3 is 6.03 Å². The van der Waals surface area contributed by atoms with Crippen LogP contribution in [0.1, 0.15) is 55.5 Å². The second-order valence-corrected chi connectivity index (χ2v) is 6.98. The van der Waals surface area contributed by atoms with Crippen LogP contribution in [0.5, 0.6) is 5.75 Å². The van der Waals surface area contributed by atoms with Crippen molar-refractivity contribution in [1.29, 1.82) is 0 Å². The Hall–Kier alpha value is -2.24. The molecule has 1 saturated heterocycles. The number of amides is 3. The van der Waals surface area contributed by atoms with Crippen molar-refractivity contribution in [3.8, 4) is 5.75 Å². The van der Waals surface area contributed by atoms with E-state index >= 15 is 0 Å². The van der Waals surface area contributed by atoms with Gasteiger partial charge in [-0.1, -0.05) is 20.8 Å². The van der Waals surface area contributed by atoms with E-state index in [4.69, 9.17) is 4.74 Å². The third kappa shape index (κ3) is 4.90. The van der Waals surface area contributed by atoms with Gasteiger partial charge < -0.3 is 19.9 Å². The fourth-order valence-corrected chi connectivity index (χ4v) is 3.17. The zero-order chi connectivity index (χ0) is 19.1. The van der Waals surface area contributed by atoms with E-state index in [1.807, 2.05) is 30.0 Å². The van der Waals surface area contributed by atoms with E-state index in [0.29, 0.717) is 38.3 Å². The second kappa shape index (κ2) is 9.46. The first-order chi connectivity index (χ1) is 12.5. The zero-order valence-electron chi connectivity index (χ0n) is 16.4. The van der Waals surface area contributed by atoms with Crippen LogP contribution in [0.2, 0.25) is 0 Å². The molecule has 0 atom stereocenters. The summed E-state index contributed by atoms with van der Waals surface area (Å²) in [5, 5.41) is 2.91. The lowest BCUT2D eigenvalue weighted by molar-refractivity contribution is 0.0762. The van der Waals surface area contributed by atoms with Crippen LogP contribution in [0, 0.1) is 0 Å². The molecule has 0 radical (unpaired) electrons. The smallest absolute Gasteiger partial charge is 0.317 e. The average molecular weight is 361 g/mol. The van der Waals surface area contributed by atoms with E-state index < -0.39 is 0 Å². The molecule has 3 amide bonds. The summed E-state index contributed by atoms with van der Waals surface area (Å²) < 4.78 is 5.40. The number of rotatable bonds is 5. The maximum absolute atomic E-state index is 12.9. The third-order valence-electron chi connectivity index (χ3n) is 4.70. The van der Waals surface area contributed by atoms with Crippen molar-refractivity contribution in [3.63, 3.8) is 0 Å². The standard InChI is InChI=1S/C20H31N3O3/c1-5-9-21-20(25)23-11-6-10-22(12-13-23)19(24)16-7-8-18(26-4)17(14-16)15(2)3/h7-8,14-15H,5-6,9-13H2,1-4H3,(H,21,25). The van der Waals surface area contributed by atoms with Crippen LogP contribution in [-0.4, -0.2) is 61.6 Å². The molecule has 6 nitrogen and oxygen atoms in total. The molecule has 6 heteroatoms. The predicted molar refractivity (Wildman–Crippen MR) is 103 cm³/mol. The molecular formula is C20H31N3O3. The number of nitrogens with zero attached hydrogens (tertiary/aromatic N) is 2. The number of hydrogen-bond donors (Lipinski definition) is 1. The number of methoxy groups -OCH3 is 1. The molecule has 26 heavy (non-hydrogen) atoms. The summed E-state index contributed by atoms with van der Waals surface area (Å²) in [6.45, 7) is 9.36. The fourth-order valence-electron chi connectivity index (χ4n) is 3.17. The van der Waals surface area contributed by atoms with Crippen molar-refractivity contribution in [2.75, 3.05) is 39.8 Å². The third-order valence-corrected chi connectivity index (χ3v) is 4.70. The Bertz CT molecular complexity index is 631. The maximum atomic E-state index is 12.9. The first-order valence-corrected chi connectivity index (χ1v) is 9.47. The van der Waals surface area contributed by atoms with Gasteiger partial charge in [-0.2, -0.15) is 0 Å². The van der Waals surface area contributed by atoms with Gasteiger partial charge in [-0.3, -0.25) is 4.79 Å². The number of carbonyl (C=O) groups is 2. The quantitative estimate of drug-likeness (QED) is 0.877. The van der Waals surface area contributed by atoms with Crippen LogP contribution in [0.3, 0.4) is 0 Å². The molecular weight excluding hydrogens is 330 g/mol. The topological polar surface area (TPSA) is 61.9 Å². The molecule has 0 bridgehead atoms. The van der Waals surface area contributed by atoms with Crippen molar-refractivity contribution in [3.05, 3.63) is 29.3 Å². The van der Waals surface area contributed by atoms with Gasteiger partial charge in [-0.05, 0) is 42.5 Å². The molecule has 2 rings (SSSR count). The van der Waals surface area contributed by atoms with E-state index in [-0.39, 0.29) is 17.9 Å². The molecule has 1 N–H and O–H groups in total. The first-order valence-electron chi connectivity index (χ1n) is 9.47. The Morgan fingerprint density at radius 1 is 1.15 bits per heavy atom. The molecule has 0 aliphatic carbocycles. The lowest BCUT2D eigenvalue weighted by atomic mass is 9.99. The summed E-state index contributed by atoms with van der Waals surface area (Å²) in [4.78, 5) is 28.7. The van der Waals surface area contributed by atoms with Gasteiger partial charge in [0, 0.05) is 38.3 Å². The van der Waals surface area contributed by atoms with Crippen LogP contribution in [0.4, 0.5) is 4.79 Å². The summed E-state index contributed by atoms with van der Waals surface area (Å²) in [6.07, 6.45) is 1.71. The predicted octanol–water partition coefficient (Wildman–Crippen LogP) is 3.09. The minimum Gasteiger partial charge on any atom is -0.496 e. The van der Waals surface area contributed by atoms with Crippen LogP contribution in [-0.2, 0) is 0 Å². The minimum absolute atomic E-state index is 0.0189. The van der Waals surface area contributed by atoms with Crippen LogP contribution < -0.4 is 10.1 Å². The van der Waals surface area contributed by atoms with Gasteiger partial charge in [0.15, 0.2) is 0 Å². The van der Waals surface area contributed by atoms with Crippen molar-refractivity contribution >= 4 is 11.9 Å². The van der Waals surface area contributed by atoms with E-state index in [0.717, 1.165) is 24.2 Å². The highest BCUT2D eigenvalue weighted by Crippen LogP contribution is 2.27. The summed E-state index contributed by atoms with van der Waals surface area (Å²) in [6, 6.07) is 5.59. The molecule has 0 aromatic heterocycles. The molecule has 1 aromatic rings. The molecule has 0 spiro atoms. The van der Waals surface area contributed by atoms with E-state index in [1.54, 1.807) is 12.0 Å². The summed E-state index contributed by atoms with van der Waals surface area (Å²) >= 11 is 0. The van der Waals surface area contributed by atoms with Gasteiger partial charge in [0.05, 0.1) is 7.11 Å². The summed E-state index contributed by atoms with van der Waals surface area (Å²) in [5.41, 5.74) is 1.71. The number of urea groups is 1. The van der Waals surface area contributed by atoms with Gasteiger partial charge in [0.1, 0.15) is 5.75 Å². The van der Waals surface area contributed by atoms with Crippen molar-refractivity contribution < 1.29 is 14.3 Å². The van der Waals surface area contributed by atoms with Crippen LogP contribution in [0.25, 0.3) is 0 Å². The lowest BCUT2D eigenvalue weighted by Gasteiger charge is -2.23. The van der Waals surface area contributed by atoms with Crippen LogP contribution >= 0.6 is 0 Å². The molecule has 0 saturated carbocycles. The highest BCUT2D eigenvalue weighted by Gasteiger charge is 2.23. The van der Waals surface area contributed by atoms with Gasteiger partial charge in [0.2, 0.25) is 0 Å². The van der Waals surface area contributed by atoms with E-state index in [9.17, 15) is 9.59 Å². The molecule has 0 unspecified atom stereocenters. The normalized spacial score (nSPS) is 15.0. The Morgan fingerprint density at radius 3 is 2.50 bits per heavy atom. The number of carbonyl (C=O) groups excluding carboxylic acids is 2. The van der Waals surface area contributed by atoms with Gasteiger partial charge in [0.25, 0.3) is 5.91 Å². The lowest BCUT2D eigenvalue weighted by Crippen LogP contribution is -2.42. The van der Waals surface area contributed by atoms with Crippen molar-refractivity contribution in [1.82, 2.24) is 15.1 Å². The van der Waals surface area contributed by atoms with Crippen molar-refractivity contribution in [2.45, 2.75) is 39.5 Å². The first kappa shape index (κ1) is 20.1. The number of hydrogen-bond acceptors (Lipinski definition) is 3. The second-order valence-electron chi connectivity index (χ2n) is 6.98. The highest BCUT2D eigenvalue weighted by atomic mass is 16.5. The SMILES string of the molecule is CCCNC(=O)N1CCCN(C(=O)c2ccc(OC)c(C(C)C)c2)CC1. The number of nitrogens with one attached hydrogen (secondary N) is 1. The molecule has 1 aliphatic heterocycles. The molecule has 1 aliphatic rings. The van der Waals surface area contributed by atoms with E-state index in [1.165, 1.54) is 0 Å². The van der Waals surface area contributed by atoms with Gasteiger partial charge in [-0.25, -0.2) is 4.79 Å². The average Bonchev–Trinajstić information content (AvgIpc) is 2.91. The Morgan fingerprint density at radius 2 is 1.85 bits per heavy atom. The minimum atomic E-state index is -0.0345. The Kier molecular flexibility index (Phi) is 7.30. The van der Waals surface area contributed by atoms with Crippen molar-refractivity contribution in [2.24, 2.45) is 0 Å². The fraction of sp³-hybridized carbons (Fsp3) is 0.600. The highest BCUT2D eigenvalue weighted by molar-refractivity contribution is 5.94. The molecule has 1 heterocycles. The largest absolute Gasteiger partial charge is 0.496 e. The van der Waals surface area contributed by atoms with Gasteiger partial charge in [-0.15, -0.1) is 0 Å². The molecule has 1 aromatic carbocycles. The maximum Gasteiger partial charge on any atom is 0.317 e. The monoisotopic (exact) mass is 361 g/mol.